The molecule has 0 amide bonds. The molecule has 0 fully saturated rings. The van der Waals surface area contributed by atoms with Crippen LogP contribution in [0.25, 0.3) is 0 Å². The van der Waals surface area contributed by atoms with Crippen molar-refractivity contribution in [1.29, 1.82) is 0 Å². The fraction of sp³-hybridized carbons (Fsp3) is 0.261. The standard InChI is InChI=1S/C23H24O7/c1-4-21(24)29-15-5-14-28-19-10-8-18(9-11-19)23(26)30-20-12-6-17(7-13-20)16(2)22(25)27-3/h4,6-13,16H,1,5,14-15H2,2-3H3. The summed E-state index contributed by atoms with van der Waals surface area (Å²) in [5.74, 6) is -0.753. The Balaban J connectivity index is 1.83. The van der Waals surface area contributed by atoms with Crippen LogP contribution in [0.2, 0.25) is 0 Å². The zero-order valence-electron chi connectivity index (χ0n) is 17.0. The lowest BCUT2D eigenvalue weighted by molar-refractivity contribution is -0.142. The van der Waals surface area contributed by atoms with Gasteiger partial charge in [-0.2, -0.15) is 0 Å². The molecule has 158 valence electrons. The van der Waals surface area contributed by atoms with Gasteiger partial charge in [0.05, 0.1) is 31.8 Å². The summed E-state index contributed by atoms with van der Waals surface area (Å²) < 4.78 is 20.5. The maximum Gasteiger partial charge on any atom is 0.343 e. The van der Waals surface area contributed by atoms with Crippen LogP contribution in [-0.2, 0) is 19.1 Å². The van der Waals surface area contributed by atoms with Crippen molar-refractivity contribution in [2.75, 3.05) is 20.3 Å². The third-order valence-corrected chi connectivity index (χ3v) is 4.20. The predicted octanol–water partition coefficient (Wildman–Crippen LogP) is 3.68. The maximum atomic E-state index is 12.3. The van der Waals surface area contributed by atoms with E-state index in [9.17, 15) is 14.4 Å². The molecule has 7 heteroatoms. The molecule has 0 aliphatic rings. The Labute approximate surface area is 175 Å². The van der Waals surface area contributed by atoms with Crippen molar-refractivity contribution in [2.45, 2.75) is 19.3 Å². The largest absolute Gasteiger partial charge is 0.493 e. The number of hydrogen-bond donors (Lipinski definition) is 0. The van der Waals surface area contributed by atoms with E-state index in [0.717, 1.165) is 11.6 Å². The minimum Gasteiger partial charge on any atom is -0.493 e. The summed E-state index contributed by atoms with van der Waals surface area (Å²) in [6.45, 7) is 5.66. The molecular formula is C23H24O7. The Morgan fingerprint density at radius 2 is 1.60 bits per heavy atom. The third-order valence-electron chi connectivity index (χ3n) is 4.20. The summed E-state index contributed by atoms with van der Waals surface area (Å²) in [4.78, 5) is 34.8. The molecule has 0 N–H and O–H groups in total. The molecule has 1 atom stereocenters. The van der Waals surface area contributed by atoms with Gasteiger partial charge in [0.25, 0.3) is 0 Å². The topological polar surface area (TPSA) is 88.1 Å². The van der Waals surface area contributed by atoms with Crippen LogP contribution in [0.15, 0.2) is 61.2 Å². The number of rotatable bonds is 10. The number of benzene rings is 2. The van der Waals surface area contributed by atoms with E-state index in [2.05, 4.69) is 6.58 Å². The van der Waals surface area contributed by atoms with Gasteiger partial charge in [-0.1, -0.05) is 18.7 Å². The first-order chi connectivity index (χ1) is 14.4. The van der Waals surface area contributed by atoms with E-state index < -0.39 is 17.9 Å². The second-order valence-electron chi connectivity index (χ2n) is 6.30. The zero-order chi connectivity index (χ0) is 21.9. The summed E-state index contributed by atoms with van der Waals surface area (Å²) in [7, 11) is 1.34. The van der Waals surface area contributed by atoms with Crippen molar-refractivity contribution in [1.82, 2.24) is 0 Å². The Bertz CT molecular complexity index is 869. The van der Waals surface area contributed by atoms with Crippen LogP contribution in [0.5, 0.6) is 11.5 Å². The number of carbonyl (C=O) groups is 3. The lowest BCUT2D eigenvalue weighted by Gasteiger charge is -2.10. The lowest BCUT2D eigenvalue weighted by atomic mass is 10.0. The molecule has 0 saturated carbocycles. The molecule has 2 aromatic rings. The van der Waals surface area contributed by atoms with Crippen LogP contribution in [0.3, 0.4) is 0 Å². The maximum absolute atomic E-state index is 12.3. The summed E-state index contributed by atoms with van der Waals surface area (Å²) >= 11 is 0. The first kappa shape index (κ1) is 22.7. The van der Waals surface area contributed by atoms with E-state index >= 15 is 0 Å². The molecular weight excluding hydrogens is 388 g/mol. The van der Waals surface area contributed by atoms with E-state index in [1.165, 1.54) is 7.11 Å². The lowest BCUT2D eigenvalue weighted by Crippen LogP contribution is -2.11. The van der Waals surface area contributed by atoms with Crippen LogP contribution < -0.4 is 9.47 Å². The number of ether oxygens (including phenoxy) is 4. The highest BCUT2D eigenvalue weighted by atomic mass is 16.5. The third kappa shape index (κ3) is 6.77. The van der Waals surface area contributed by atoms with Gasteiger partial charge in [-0.15, -0.1) is 0 Å². The van der Waals surface area contributed by atoms with E-state index in [-0.39, 0.29) is 12.6 Å². The summed E-state index contributed by atoms with van der Waals surface area (Å²) in [6, 6.07) is 13.2. The molecule has 0 radical (unpaired) electrons. The fourth-order valence-corrected chi connectivity index (χ4v) is 2.47. The smallest absolute Gasteiger partial charge is 0.343 e. The summed E-state index contributed by atoms with van der Waals surface area (Å²) in [6.07, 6.45) is 1.64. The second kappa shape index (κ2) is 11.4. The van der Waals surface area contributed by atoms with Crippen molar-refractivity contribution < 1.29 is 33.3 Å². The van der Waals surface area contributed by atoms with E-state index in [4.69, 9.17) is 18.9 Å². The molecule has 2 aromatic carbocycles. The van der Waals surface area contributed by atoms with Crippen molar-refractivity contribution in [3.63, 3.8) is 0 Å². The van der Waals surface area contributed by atoms with Gasteiger partial charge in [0, 0.05) is 12.5 Å². The van der Waals surface area contributed by atoms with Crippen molar-refractivity contribution in [3.05, 3.63) is 72.3 Å². The molecule has 0 bridgehead atoms. The Hall–Kier alpha value is -3.61. The Morgan fingerprint density at radius 3 is 2.20 bits per heavy atom. The average Bonchev–Trinajstić information content (AvgIpc) is 2.78. The zero-order valence-corrected chi connectivity index (χ0v) is 17.0. The highest BCUT2D eigenvalue weighted by Crippen LogP contribution is 2.21. The Morgan fingerprint density at radius 1 is 0.967 bits per heavy atom. The molecule has 0 aliphatic carbocycles. The molecule has 1 unspecified atom stereocenters. The van der Waals surface area contributed by atoms with Gasteiger partial charge >= 0.3 is 17.9 Å². The molecule has 30 heavy (non-hydrogen) atoms. The van der Waals surface area contributed by atoms with E-state index in [0.29, 0.717) is 30.1 Å². The van der Waals surface area contributed by atoms with Gasteiger partial charge in [0.2, 0.25) is 0 Å². The van der Waals surface area contributed by atoms with Crippen LogP contribution in [-0.4, -0.2) is 38.2 Å². The Kier molecular flexibility index (Phi) is 8.62. The van der Waals surface area contributed by atoms with Gasteiger partial charge in [0.1, 0.15) is 11.5 Å². The van der Waals surface area contributed by atoms with Crippen LogP contribution >= 0.6 is 0 Å². The van der Waals surface area contributed by atoms with Crippen molar-refractivity contribution in [3.8, 4) is 11.5 Å². The van der Waals surface area contributed by atoms with Gasteiger partial charge < -0.3 is 18.9 Å². The molecule has 0 saturated heterocycles. The average molecular weight is 412 g/mol. The highest BCUT2D eigenvalue weighted by Gasteiger charge is 2.16. The van der Waals surface area contributed by atoms with Crippen LogP contribution in [0.1, 0.15) is 35.2 Å². The van der Waals surface area contributed by atoms with Gasteiger partial charge in [-0.25, -0.2) is 9.59 Å². The van der Waals surface area contributed by atoms with Crippen LogP contribution in [0, 0.1) is 0 Å². The minimum atomic E-state index is -0.508. The second-order valence-corrected chi connectivity index (χ2v) is 6.30. The normalized spacial score (nSPS) is 11.1. The molecule has 0 spiro atoms. The van der Waals surface area contributed by atoms with Crippen molar-refractivity contribution >= 4 is 17.9 Å². The molecule has 0 aliphatic heterocycles. The monoisotopic (exact) mass is 412 g/mol. The highest BCUT2D eigenvalue weighted by molar-refractivity contribution is 5.91. The van der Waals surface area contributed by atoms with E-state index in [1.54, 1.807) is 55.5 Å². The van der Waals surface area contributed by atoms with Crippen LogP contribution in [0.4, 0.5) is 0 Å². The van der Waals surface area contributed by atoms with Gasteiger partial charge in [-0.05, 0) is 48.9 Å². The number of carbonyl (C=O) groups excluding carboxylic acids is 3. The molecule has 0 aromatic heterocycles. The number of esters is 3. The van der Waals surface area contributed by atoms with E-state index in [1.807, 2.05) is 0 Å². The minimum absolute atomic E-state index is 0.243. The predicted molar refractivity (Wildman–Crippen MR) is 110 cm³/mol. The first-order valence-corrected chi connectivity index (χ1v) is 9.36. The van der Waals surface area contributed by atoms with Crippen molar-refractivity contribution in [2.24, 2.45) is 0 Å². The molecule has 0 heterocycles. The SMILES string of the molecule is C=CC(=O)OCCCOc1ccc(C(=O)Oc2ccc(C(C)C(=O)OC)cc2)cc1. The molecule has 2 rings (SSSR count). The fourth-order valence-electron chi connectivity index (χ4n) is 2.47. The van der Waals surface area contributed by atoms with Gasteiger partial charge in [0.15, 0.2) is 0 Å². The van der Waals surface area contributed by atoms with Gasteiger partial charge in [-0.3, -0.25) is 4.79 Å². The quantitative estimate of drug-likeness (QED) is 0.255. The summed E-state index contributed by atoms with van der Waals surface area (Å²) in [5.41, 5.74) is 1.14. The number of methoxy groups -OCH3 is 1. The summed E-state index contributed by atoms with van der Waals surface area (Å²) in [5, 5.41) is 0. The molecule has 7 nitrogen and oxygen atoms in total. The number of hydrogen-bond acceptors (Lipinski definition) is 7. The first-order valence-electron chi connectivity index (χ1n) is 9.36.